The first-order valence-electron chi connectivity index (χ1n) is 13.5. The predicted molar refractivity (Wildman–Crippen MR) is 151 cm³/mol. The van der Waals surface area contributed by atoms with Crippen LogP contribution in [0.15, 0.2) is 51.8 Å². The zero-order valence-corrected chi connectivity index (χ0v) is 24.7. The van der Waals surface area contributed by atoms with Crippen molar-refractivity contribution in [2.24, 2.45) is 0 Å². The molecule has 2 aromatic carbocycles. The summed E-state index contributed by atoms with van der Waals surface area (Å²) >= 11 is 0. The van der Waals surface area contributed by atoms with E-state index in [1.165, 1.54) is 4.31 Å². The van der Waals surface area contributed by atoms with Gasteiger partial charge in [0.1, 0.15) is 11.5 Å². The quantitative estimate of drug-likeness (QED) is 0.270. The molecule has 1 amide bonds. The van der Waals surface area contributed by atoms with Crippen LogP contribution in [0.5, 0.6) is 11.5 Å². The van der Waals surface area contributed by atoms with Gasteiger partial charge in [-0.25, -0.2) is 8.42 Å². The summed E-state index contributed by atoms with van der Waals surface area (Å²) in [6, 6.07) is 12.9. The Bertz CT molecular complexity index is 1420. The fourth-order valence-electron chi connectivity index (χ4n) is 4.98. The predicted octanol–water partition coefficient (Wildman–Crippen LogP) is 4.89. The summed E-state index contributed by atoms with van der Waals surface area (Å²) in [7, 11) is -3.97. The lowest BCUT2D eigenvalue weighted by Gasteiger charge is -2.28. The van der Waals surface area contributed by atoms with Gasteiger partial charge in [0, 0.05) is 26.3 Å². The van der Waals surface area contributed by atoms with Crippen LogP contribution in [0, 0.1) is 27.7 Å². The molecule has 40 heavy (non-hydrogen) atoms. The Morgan fingerprint density at radius 3 is 2.35 bits per heavy atom. The summed E-state index contributed by atoms with van der Waals surface area (Å²) in [5.74, 6) is 2.27. The molecule has 10 heteroatoms. The summed E-state index contributed by atoms with van der Waals surface area (Å²) in [5.41, 5.74) is 3.12. The molecule has 0 fully saturated rings. The minimum Gasteiger partial charge on any atom is -0.464 e. The molecule has 0 spiro atoms. The van der Waals surface area contributed by atoms with Crippen LogP contribution in [0.3, 0.4) is 0 Å². The Balaban J connectivity index is 1.63. The molecular formula is C30H38N2O7S. The monoisotopic (exact) mass is 570 g/mol. The standard InChI is InChI=1S/C30H38N2O7S/c1-6-36-13-7-12-32(40(34,35)30-22(3)14-21(2)15-23(30)4)19-29(33)31(18-26-10-8-24(5)39-26)17-25-9-11-27-28(16-25)38-20-37-27/h8-11,14-16H,6-7,12-13,17-20H2,1-5H3. The van der Waals surface area contributed by atoms with Gasteiger partial charge >= 0.3 is 0 Å². The molecule has 0 saturated carbocycles. The second kappa shape index (κ2) is 12.9. The molecule has 1 aromatic heterocycles. The minimum absolute atomic E-state index is 0.151. The number of carbonyl (C=O) groups is 1. The minimum atomic E-state index is -3.97. The van der Waals surface area contributed by atoms with Gasteiger partial charge in [-0.15, -0.1) is 0 Å². The van der Waals surface area contributed by atoms with Gasteiger partial charge in [-0.2, -0.15) is 4.31 Å². The maximum Gasteiger partial charge on any atom is 0.244 e. The molecule has 3 aromatic rings. The first-order chi connectivity index (χ1) is 19.1. The molecule has 1 aliphatic rings. The van der Waals surface area contributed by atoms with Crippen molar-refractivity contribution < 1.29 is 31.8 Å². The van der Waals surface area contributed by atoms with E-state index in [4.69, 9.17) is 18.6 Å². The lowest BCUT2D eigenvalue weighted by atomic mass is 10.1. The fraction of sp³-hybridized carbons (Fsp3) is 0.433. The number of hydrogen-bond donors (Lipinski definition) is 0. The van der Waals surface area contributed by atoms with E-state index in [9.17, 15) is 13.2 Å². The van der Waals surface area contributed by atoms with E-state index < -0.39 is 10.0 Å². The number of amides is 1. The van der Waals surface area contributed by atoms with Crippen LogP contribution >= 0.6 is 0 Å². The number of carbonyl (C=O) groups excluding carboxylic acids is 1. The van der Waals surface area contributed by atoms with Crippen molar-refractivity contribution in [3.05, 3.63) is 76.2 Å². The third-order valence-electron chi connectivity index (χ3n) is 6.72. The Morgan fingerprint density at radius 1 is 0.950 bits per heavy atom. The summed E-state index contributed by atoms with van der Waals surface area (Å²) in [6.45, 7) is 10.6. The van der Waals surface area contributed by atoms with Crippen molar-refractivity contribution in [1.29, 1.82) is 0 Å². The first-order valence-corrected chi connectivity index (χ1v) is 14.9. The van der Waals surface area contributed by atoms with Gasteiger partial charge in [-0.05, 0) is 82.0 Å². The Labute approximate surface area is 236 Å². The summed E-state index contributed by atoms with van der Waals surface area (Å²) in [5, 5.41) is 0. The smallest absolute Gasteiger partial charge is 0.244 e. The Kier molecular flexibility index (Phi) is 9.55. The van der Waals surface area contributed by atoms with Gasteiger partial charge in [0.05, 0.1) is 18.0 Å². The van der Waals surface area contributed by atoms with E-state index >= 15 is 0 Å². The maximum atomic E-state index is 14.0. The van der Waals surface area contributed by atoms with Gasteiger partial charge in [0.15, 0.2) is 11.5 Å². The fourth-order valence-corrected chi connectivity index (χ4v) is 6.81. The number of nitrogens with zero attached hydrogens (tertiary/aromatic N) is 2. The van der Waals surface area contributed by atoms with Crippen LogP contribution in [-0.4, -0.2) is 56.6 Å². The van der Waals surface area contributed by atoms with Crippen molar-refractivity contribution in [3.63, 3.8) is 0 Å². The third kappa shape index (κ3) is 7.04. The summed E-state index contributed by atoms with van der Waals surface area (Å²) in [4.78, 5) is 15.7. The molecule has 4 rings (SSSR count). The lowest BCUT2D eigenvalue weighted by Crippen LogP contribution is -2.43. The SMILES string of the molecule is CCOCCCN(CC(=O)N(Cc1ccc2c(c1)OCO2)Cc1ccc(C)o1)S(=O)(=O)c1c(C)cc(C)cc1C. The Morgan fingerprint density at radius 2 is 1.68 bits per heavy atom. The third-order valence-corrected chi connectivity index (χ3v) is 8.87. The number of fused-ring (bicyclic) bond motifs is 1. The van der Waals surface area contributed by atoms with E-state index in [0.717, 1.165) is 16.9 Å². The number of aryl methyl sites for hydroxylation is 4. The molecule has 0 unspecified atom stereocenters. The number of hydrogen-bond acceptors (Lipinski definition) is 7. The van der Waals surface area contributed by atoms with Gasteiger partial charge in [0.2, 0.25) is 22.7 Å². The second-order valence-electron chi connectivity index (χ2n) is 10.1. The second-order valence-corrected chi connectivity index (χ2v) is 11.9. The first kappa shape index (κ1) is 29.6. The molecule has 216 valence electrons. The average Bonchev–Trinajstić information content (AvgIpc) is 3.52. The van der Waals surface area contributed by atoms with Crippen LogP contribution in [0.2, 0.25) is 0 Å². The maximum absolute atomic E-state index is 14.0. The highest BCUT2D eigenvalue weighted by atomic mass is 32.2. The molecule has 0 N–H and O–H groups in total. The van der Waals surface area contributed by atoms with Crippen molar-refractivity contribution in [2.45, 2.75) is 59.0 Å². The van der Waals surface area contributed by atoms with Crippen LogP contribution in [0.25, 0.3) is 0 Å². The molecule has 0 radical (unpaired) electrons. The molecular weight excluding hydrogens is 532 g/mol. The lowest BCUT2D eigenvalue weighted by molar-refractivity contribution is -0.133. The average molecular weight is 571 g/mol. The molecule has 1 aliphatic heterocycles. The molecule has 0 aliphatic carbocycles. The number of benzene rings is 2. The highest BCUT2D eigenvalue weighted by Crippen LogP contribution is 2.33. The molecule has 0 bridgehead atoms. The van der Waals surface area contributed by atoms with E-state index in [1.54, 1.807) is 18.7 Å². The Hall–Kier alpha value is -3.34. The highest BCUT2D eigenvalue weighted by molar-refractivity contribution is 7.89. The summed E-state index contributed by atoms with van der Waals surface area (Å²) < 4.78 is 51.5. The van der Waals surface area contributed by atoms with Crippen molar-refractivity contribution in [2.75, 3.05) is 33.1 Å². The zero-order valence-electron chi connectivity index (χ0n) is 23.9. The van der Waals surface area contributed by atoms with Gasteiger partial charge in [-0.3, -0.25) is 4.79 Å². The number of furan rings is 1. The van der Waals surface area contributed by atoms with Crippen LogP contribution in [0.4, 0.5) is 0 Å². The van der Waals surface area contributed by atoms with E-state index in [2.05, 4.69) is 0 Å². The van der Waals surface area contributed by atoms with Crippen LogP contribution < -0.4 is 9.47 Å². The number of rotatable bonds is 13. The van der Waals surface area contributed by atoms with E-state index in [1.807, 2.05) is 63.2 Å². The van der Waals surface area contributed by atoms with Gasteiger partial charge < -0.3 is 23.5 Å². The number of ether oxygens (including phenoxy) is 3. The highest BCUT2D eigenvalue weighted by Gasteiger charge is 2.31. The molecule has 9 nitrogen and oxygen atoms in total. The largest absolute Gasteiger partial charge is 0.464 e. The molecule has 0 atom stereocenters. The van der Waals surface area contributed by atoms with Crippen LogP contribution in [0.1, 0.15) is 47.1 Å². The number of sulfonamides is 1. The van der Waals surface area contributed by atoms with E-state index in [0.29, 0.717) is 48.0 Å². The van der Waals surface area contributed by atoms with Crippen molar-refractivity contribution in [3.8, 4) is 11.5 Å². The molecule has 0 saturated heterocycles. The van der Waals surface area contributed by atoms with Gasteiger partial charge in [0.25, 0.3) is 0 Å². The summed E-state index contributed by atoms with van der Waals surface area (Å²) in [6.07, 6.45) is 0.462. The molecule has 2 heterocycles. The topological polar surface area (TPSA) is 98.5 Å². The zero-order chi connectivity index (χ0) is 28.9. The van der Waals surface area contributed by atoms with Crippen LogP contribution in [-0.2, 0) is 32.6 Å². The van der Waals surface area contributed by atoms with Crippen molar-refractivity contribution in [1.82, 2.24) is 9.21 Å². The normalized spacial score (nSPS) is 12.8. The van der Waals surface area contributed by atoms with Gasteiger partial charge in [-0.1, -0.05) is 23.8 Å². The van der Waals surface area contributed by atoms with Crippen molar-refractivity contribution >= 4 is 15.9 Å². The van der Waals surface area contributed by atoms with E-state index in [-0.39, 0.29) is 43.8 Å².